The second kappa shape index (κ2) is 8.30. The minimum atomic E-state index is -0.0555. The molecule has 19 heavy (non-hydrogen) atoms. The number of likely N-dealkylation sites (tertiary alicyclic amines) is 1. The van der Waals surface area contributed by atoms with E-state index in [0.717, 1.165) is 25.8 Å². The molecule has 0 aliphatic carbocycles. The van der Waals surface area contributed by atoms with Gasteiger partial charge in [-0.05, 0) is 26.2 Å². The number of nitrogens with two attached hydrogens (primary N) is 1. The number of carbonyl (C=O) groups is 1. The van der Waals surface area contributed by atoms with E-state index in [9.17, 15) is 4.79 Å². The van der Waals surface area contributed by atoms with E-state index in [1.807, 2.05) is 11.8 Å². The molecule has 1 fully saturated rings. The zero-order valence-corrected chi connectivity index (χ0v) is 12.5. The monoisotopic (exact) mass is 306 g/mol. The Morgan fingerprint density at radius 2 is 2.16 bits per heavy atom. The normalized spacial score (nSPS) is 19.9. The summed E-state index contributed by atoms with van der Waals surface area (Å²) in [6, 6.07) is 0.120. The Morgan fingerprint density at radius 3 is 2.74 bits per heavy atom. The van der Waals surface area contributed by atoms with E-state index < -0.39 is 0 Å². The van der Waals surface area contributed by atoms with Crippen molar-refractivity contribution in [3.05, 3.63) is 24.3 Å². The Hall–Kier alpha value is -0.910. The first-order chi connectivity index (χ1) is 8.20. The van der Waals surface area contributed by atoms with Crippen molar-refractivity contribution in [1.82, 2.24) is 14.9 Å². The Morgan fingerprint density at radius 1 is 1.42 bits per heavy atom. The van der Waals surface area contributed by atoms with Crippen LogP contribution in [0.4, 0.5) is 0 Å². The van der Waals surface area contributed by atoms with Crippen molar-refractivity contribution in [2.24, 2.45) is 5.73 Å². The second-order valence-corrected chi connectivity index (χ2v) is 4.51. The van der Waals surface area contributed by atoms with Crippen LogP contribution in [0.5, 0.6) is 0 Å². The van der Waals surface area contributed by atoms with Crippen LogP contribution in [0.25, 0.3) is 0 Å². The largest absolute Gasteiger partial charge is 0.333 e. The highest BCUT2D eigenvalue weighted by Crippen LogP contribution is 2.20. The van der Waals surface area contributed by atoms with Crippen LogP contribution in [0.15, 0.2) is 18.6 Å². The van der Waals surface area contributed by atoms with Gasteiger partial charge in [-0.25, -0.2) is 4.98 Å². The number of piperidine rings is 1. The predicted molar refractivity (Wildman–Crippen MR) is 78.9 cm³/mol. The Bertz CT molecular complexity index is 389. The van der Waals surface area contributed by atoms with Gasteiger partial charge in [-0.3, -0.25) is 9.78 Å². The molecule has 2 N–H and O–H groups in total. The van der Waals surface area contributed by atoms with Gasteiger partial charge in [0.05, 0.1) is 6.20 Å². The van der Waals surface area contributed by atoms with Gasteiger partial charge in [0.2, 0.25) is 0 Å². The molecule has 7 heteroatoms. The van der Waals surface area contributed by atoms with Crippen LogP contribution >= 0.6 is 24.8 Å². The maximum atomic E-state index is 12.3. The first-order valence-corrected chi connectivity index (χ1v) is 6.02. The molecule has 1 aromatic heterocycles. The van der Waals surface area contributed by atoms with Crippen molar-refractivity contribution in [2.75, 3.05) is 6.54 Å². The summed E-state index contributed by atoms with van der Waals surface area (Å²) in [6.45, 7) is 2.72. The first-order valence-electron chi connectivity index (χ1n) is 6.02. The lowest BCUT2D eigenvalue weighted by atomic mass is 9.96. The summed E-state index contributed by atoms with van der Waals surface area (Å²) in [7, 11) is 0. The number of aromatic nitrogens is 2. The fourth-order valence-corrected chi connectivity index (χ4v) is 2.31. The molecule has 0 aromatic carbocycles. The van der Waals surface area contributed by atoms with Gasteiger partial charge in [-0.15, -0.1) is 24.8 Å². The molecule has 1 amide bonds. The predicted octanol–water partition coefficient (Wildman–Crippen LogP) is 1.66. The van der Waals surface area contributed by atoms with Crippen molar-refractivity contribution in [2.45, 2.75) is 38.3 Å². The molecular weight excluding hydrogens is 287 g/mol. The van der Waals surface area contributed by atoms with Gasteiger partial charge in [-0.2, -0.15) is 0 Å². The van der Waals surface area contributed by atoms with E-state index in [4.69, 9.17) is 5.73 Å². The SMILES string of the molecule is CC(N)C1CCCCN1C(=O)c1cnccn1.Cl.Cl. The number of hydrogen-bond donors (Lipinski definition) is 1. The van der Waals surface area contributed by atoms with Gasteiger partial charge in [-0.1, -0.05) is 0 Å². The molecule has 5 nitrogen and oxygen atoms in total. The van der Waals surface area contributed by atoms with Crippen LogP contribution < -0.4 is 5.73 Å². The second-order valence-electron chi connectivity index (χ2n) is 4.51. The van der Waals surface area contributed by atoms with Crippen molar-refractivity contribution < 1.29 is 4.79 Å². The Labute approximate surface area is 125 Å². The van der Waals surface area contributed by atoms with Crippen LogP contribution in [0.3, 0.4) is 0 Å². The number of carbonyl (C=O) groups excluding carboxylic acids is 1. The molecule has 2 unspecified atom stereocenters. The zero-order valence-electron chi connectivity index (χ0n) is 10.9. The minimum Gasteiger partial charge on any atom is -0.333 e. The van der Waals surface area contributed by atoms with Gasteiger partial charge in [0.15, 0.2) is 0 Å². The van der Waals surface area contributed by atoms with E-state index in [1.54, 1.807) is 6.20 Å². The highest BCUT2D eigenvalue weighted by atomic mass is 35.5. The summed E-state index contributed by atoms with van der Waals surface area (Å²) >= 11 is 0. The lowest BCUT2D eigenvalue weighted by Gasteiger charge is -2.37. The van der Waals surface area contributed by atoms with Crippen LogP contribution in [0.1, 0.15) is 36.7 Å². The molecule has 2 rings (SSSR count). The third kappa shape index (κ3) is 4.30. The summed E-state index contributed by atoms with van der Waals surface area (Å²) in [5.74, 6) is -0.0555. The smallest absolute Gasteiger partial charge is 0.274 e. The summed E-state index contributed by atoms with van der Waals surface area (Å²) in [5.41, 5.74) is 6.35. The van der Waals surface area contributed by atoms with E-state index in [-0.39, 0.29) is 42.8 Å². The molecule has 0 spiro atoms. The molecule has 0 radical (unpaired) electrons. The van der Waals surface area contributed by atoms with E-state index in [0.29, 0.717) is 5.69 Å². The quantitative estimate of drug-likeness (QED) is 0.902. The lowest BCUT2D eigenvalue weighted by molar-refractivity contribution is 0.0577. The van der Waals surface area contributed by atoms with Crippen LogP contribution in [-0.2, 0) is 0 Å². The van der Waals surface area contributed by atoms with Crippen molar-refractivity contribution in [1.29, 1.82) is 0 Å². The Balaban J connectivity index is 0.00000162. The van der Waals surface area contributed by atoms with Crippen LogP contribution in [0, 0.1) is 0 Å². The van der Waals surface area contributed by atoms with Crippen molar-refractivity contribution >= 4 is 30.7 Å². The molecule has 2 heterocycles. The average molecular weight is 307 g/mol. The first kappa shape index (κ1) is 18.1. The van der Waals surface area contributed by atoms with E-state index in [1.165, 1.54) is 12.4 Å². The molecule has 0 saturated carbocycles. The lowest BCUT2D eigenvalue weighted by Crippen LogP contribution is -2.51. The van der Waals surface area contributed by atoms with Gasteiger partial charge in [0.25, 0.3) is 5.91 Å². The van der Waals surface area contributed by atoms with E-state index in [2.05, 4.69) is 9.97 Å². The zero-order chi connectivity index (χ0) is 12.3. The summed E-state index contributed by atoms with van der Waals surface area (Å²) in [5, 5.41) is 0. The van der Waals surface area contributed by atoms with Crippen LogP contribution in [-0.4, -0.2) is 39.4 Å². The number of halogens is 2. The molecule has 1 aromatic rings. The number of amides is 1. The number of hydrogen-bond acceptors (Lipinski definition) is 4. The number of nitrogens with zero attached hydrogens (tertiary/aromatic N) is 3. The summed E-state index contributed by atoms with van der Waals surface area (Å²) in [4.78, 5) is 22.1. The molecule has 1 saturated heterocycles. The fourth-order valence-electron chi connectivity index (χ4n) is 2.31. The molecule has 0 bridgehead atoms. The van der Waals surface area contributed by atoms with Crippen molar-refractivity contribution in [3.8, 4) is 0 Å². The molecular formula is C12H20Cl2N4O. The minimum absolute atomic E-state index is 0. The maximum Gasteiger partial charge on any atom is 0.274 e. The van der Waals surface area contributed by atoms with Gasteiger partial charge in [0, 0.05) is 31.0 Å². The Kier molecular flexibility index (Phi) is 7.90. The van der Waals surface area contributed by atoms with E-state index >= 15 is 0 Å². The maximum absolute atomic E-state index is 12.3. The third-order valence-electron chi connectivity index (χ3n) is 3.20. The topological polar surface area (TPSA) is 72.1 Å². The average Bonchev–Trinajstić information content (AvgIpc) is 2.39. The third-order valence-corrected chi connectivity index (χ3v) is 3.20. The van der Waals surface area contributed by atoms with Gasteiger partial charge < -0.3 is 10.6 Å². The molecule has 108 valence electrons. The van der Waals surface area contributed by atoms with Gasteiger partial charge in [0.1, 0.15) is 5.69 Å². The van der Waals surface area contributed by atoms with Gasteiger partial charge >= 0.3 is 0 Å². The molecule has 1 aliphatic rings. The van der Waals surface area contributed by atoms with Crippen LogP contribution in [0.2, 0.25) is 0 Å². The summed E-state index contributed by atoms with van der Waals surface area (Å²) < 4.78 is 0. The summed E-state index contributed by atoms with van der Waals surface area (Å²) in [6.07, 6.45) is 7.76. The highest BCUT2D eigenvalue weighted by Gasteiger charge is 2.30. The molecule has 2 atom stereocenters. The number of rotatable bonds is 2. The highest BCUT2D eigenvalue weighted by molar-refractivity contribution is 5.92. The van der Waals surface area contributed by atoms with Crippen molar-refractivity contribution in [3.63, 3.8) is 0 Å². The fraction of sp³-hybridized carbons (Fsp3) is 0.583. The standard InChI is InChI=1S/C12H18N4O.2ClH/c1-9(13)11-4-2-3-7-16(11)12(17)10-8-14-5-6-15-10;;/h5-6,8-9,11H,2-4,7,13H2,1H3;2*1H. The molecule has 1 aliphatic heterocycles.